The summed E-state index contributed by atoms with van der Waals surface area (Å²) in [6.45, 7) is 6.85. The fourth-order valence-electron chi connectivity index (χ4n) is 1.60. The van der Waals surface area contributed by atoms with Crippen LogP contribution in [0, 0.1) is 5.92 Å². The van der Waals surface area contributed by atoms with Crippen LogP contribution in [0.15, 0.2) is 11.6 Å². The van der Waals surface area contributed by atoms with Crippen molar-refractivity contribution in [3.05, 3.63) is 11.6 Å². The number of hydrogen-bond donors (Lipinski definition) is 1. The molecule has 0 aromatic carbocycles. The van der Waals surface area contributed by atoms with Gasteiger partial charge in [0.2, 0.25) is 0 Å². The van der Waals surface area contributed by atoms with Gasteiger partial charge < -0.3 is 5.11 Å². The number of rotatable bonds is 3. The minimum atomic E-state index is -1.08. The van der Waals surface area contributed by atoms with Gasteiger partial charge >= 0.3 is 5.97 Å². The summed E-state index contributed by atoms with van der Waals surface area (Å²) in [5.74, 6) is -0.362. The molecule has 0 heterocycles. The number of carboxylic acid groups (broad SMARTS) is 1. The van der Waals surface area contributed by atoms with Gasteiger partial charge in [-0.3, -0.25) is 0 Å². The molecule has 1 unspecified atom stereocenters. The Labute approximate surface area is 74.3 Å². The van der Waals surface area contributed by atoms with E-state index in [1.54, 1.807) is 0 Å². The number of aliphatic carboxylic acids is 1. The molecule has 0 fully saturated rings. The van der Waals surface area contributed by atoms with Crippen LogP contribution in [0.25, 0.3) is 0 Å². The summed E-state index contributed by atoms with van der Waals surface area (Å²) in [5, 5.41) is 8.75. The lowest BCUT2D eigenvalue weighted by atomic mass is 9.86. The Morgan fingerprint density at radius 2 is 2.25 bits per heavy atom. The molecule has 0 spiro atoms. The monoisotopic (exact) mass is 184 g/mol. The smallest absolute Gasteiger partial charge is 0.331 e. The number of hydrogen-bond acceptors (Lipinski definition) is 1. The molecule has 1 rings (SSSR count). The van der Waals surface area contributed by atoms with Gasteiger partial charge in [-0.05, 0) is 12.3 Å². The van der Waals surface area contributed by atoms with Gasteiger partial charge in [0.15, 0.2) is 0 Å². The zero-order valence-corrected chi connectivity index (χ0v) is 8.92. The van der Waals surface area contributed by atoms with Gasteiger partial charge in [0.25, 0.3) is 0 Å². The predicted molar refractivity (Wildman–Crippen MR) is 52.0 cm³/mol. The lowest BCUT2D eigenvalue weighted by Gasteiger charge is -2.29. The Morgan fingerprint density at radius 1 is 1.67 bits per heavy atom. The van der Waals surface area contributed by atoms with Gasteiger partial charge in [0, 0.05) is 13.6 Å². The largest absolute Gasteiger partial charge is 0.478 e. The lowest BCUT2D eigenvalue weighted by Crippen LogP contribution is -2.29. The molecule has 1 aliphatic rings. The highest BCUT2D eigenvalue weighted by atomic mass is 28.3. The first-order valence-corrected chi connectivity index (χ1v) is 8.04. The summed E-state index contributed by atoms with van der Waals surface area (Å²) in [4.78, 5) is 10.6. The van der Waals surface area contributed by atoms with E-state index in [4.69, 9.17) is 5.11 Å². The van der Waals surface area contributed by atoms with Crippen LogP contribution in [0.2, 0.25) is 25.7 Å². The molecule has 12 heavy (non-hydrogen) atoms. The molecule has 0 aliphatic heterocycles. The van der Waals surface area contributed by atoms with Crippen LogP contribution < -0.4 is 0 Å². The van der Waals surface area contributed by atoms with Crippen molar-refractivity contribution in [3.63, 3.8) is 0 Å². The van der Waals surface area contributed by atoms with Crippen molar-refractivity contribution >= 4 is 14.0 Å². The van der Waals surface area contributed by atoms with Crippen molar-refractivity contribution in [2.75, 3.05) is 0 Å². The zero-order chi connectivity index (χ0) is 9.35. The maximum atomic E-state index is 10.6. The van der Waals surface area contributed by atoms with Crippen molar-refractivity contribution in [1.29, 1.82) is 0 Å². The first-order valence-electron chi connectivity index (χ1n) is 4.33. The van der Waals surface area contributed by atoms with E-state index in [9.17, 15) is 4.79 Å². The maximum absolute atomic E-state index is 10.6. The molecule has 0 amide bonds. The molecule has 1 aliphatic carbocycles. The molecule has 0 aromatic rings. The van der Waals surface area contributed by atoms with Crippen LogP contribution in [0.1, 0.15) is 6.42 Å². The fourth-order valence-corrected chi connectivity index (χ4v) is 3.46. The molecule has 0 saturated heterocycles. The van der Waals surface area contributed by atoms with E-state index in [1.807, 2.05) is 6.08 Å². The Balaban J connectivity index is 2.50. The lowest BCUT2D eigenvalue weighted by molar-refractivity contribution is -0.133. The van der Waals surface area contributed by atoms with Gasteiger partial charge in [-0.15, -0.1) is 0 Å². The molecule has 1 atom stereocenters. The van der Waals surface area contributed by atoms with E-state index in [2.05, 4.69) is 19.6 Å². The highest BCUT2D eigenvalue weighted by Crippen LogP contribution is 2.34. The quantitative estimate of drug-likeness (QED) is 0.684. The molecule has 0 saturated carbocycles. The first kappa shape index (κ1) is 9.51. The zero-order valence-electron chi connectivity index (χ0n) is 7.92. The predicted octanol–water partition coefficient (Wildman–Crippen LogP) is 2.36. The molecule has 0 aromatic heterocycles. The third kappa shape index (κ3) is 2.20. The van der Waals surface area contributed by atoms with Crippen molar-refractivity contribution in [3.8, 4) is 0 Å². The Kier molecular flexibility index (Phi) is 2.42. The second-order valence-corrected chi connectivity index (χ2v) is 10.2. The van der Waals surface area contributed by atoms with E-state index in [1.165, 1.54) is 0 Å². The summed E-state index contributed by atoms with van der Waals surface area (Å²) in [5.41, 5.74) is 0.650. The van der Waals surface area contributed by atoms with Gasteiger partial charge in [-0.1, -0.05) is 31.8 Å². The molecular weight excluding hydrogens is 168 g/mol. The molecule has 0 radical (unpaired) electrons. The van der Waals surface area contributed by atoms with Crippen molar-refractivity contribution in [1.82, 2.24) is 0 Å². The highest BCUT2D eigenvalue weighted by molar-refractivity contribution is 6.76. The normalized spacial score (nSPS) is 22.9. The fraction of sp³-hybridized carbons (Fsp3) is 0.667. The van der Waals surface area contributed by atoms with Crippen LogP contribution in [0.4, 0.5) is 0 Å². The van der Waals surface area contributed by atoms with Gasteiger partial charge in [0.1, 0.15) is 0 Å². The molecule has 3 heteroatoms. The van der Waals surface area contributed by atoms with Gasteiger partial charge in [-0.25, -0.2) is 4.79 Å². The molecular formula is C9H16O2Si. The van der Waals surface area contributed by atoms with E-state index in [-0.39, 0.29) is 0 Å². The summed E-state index contributed by atoms with van der Waals surface area (Å²) in [7, 11) is -1.08. The van der Waals surface area contributed by atoms with E-state index < -0.39 is 14.0 Å². The Bertz CT molecular complexity index is 225. The summed E-state index contributed by atoms with van der Waals surface area (Å²) in [6, 6.07) is 1.12. The Hall–Kier alpha value is -0.573. The SMILES string of the molecule is C[Si](C)(C)CC1CC=C1C(=O)O. The summed E-state index contributed by atoms with van der Waals surface area (Å²) < 4.78 is 0. The maximum Gasteiger partial charge on any atom is 0.331 e. The molecule has 68 valence electrons. The average Bonchev–Trinajstić information content (AvgIpc) is 1.77. The van der Waals surface area contributed by atoms with Gasteiger partial charge in [-0.2, -0.15) is 0 Å². The highest BCUT2D eigenvalue weighted by Gasteiger charge is 2.30. The van der Waals surface area contributed by atoms with Crippen LogP contribution in [-0.2, 0) is 4.79 Å². The molecule has 1 N–H and O–H groups in total. The van der Waals surface area contributed by atoms with Crippen LogP contribution in [0.5, 0.6) is 0 Å². The second-order valence-electron chi connectivity index (χ2n) is 4.66. The Morgan fingerprint density at radius 3 is 2.50 bits per heavy atom. The van der Waals surface area contributed by atoms with E-state index in [0.717, 1.165) is 12.5 Å². The molecule has 0 bridgehead atoms. The van der Waals surface area contributed by atoms with Crippen molar-refractivity contribution < 1.29 is 9.90 Å². The van der Waals surface area contributed by atoms with Crippen molar-refractivity contribution in [2.24, 2.45) is 5.92 Å². The summed E-state index contributed by atoms with van der Waals surface area (Å²) in [6.07, 6.45) is 2.82. The second kappa shape index (κ2) is 3.05. The van der Waals surface area contributed by atoms with Gasteiger partial charge in [0.05, 0.1) is 0 Å². The van der Waals surface area contributed by atoms with E-state index >= 15 is 0 Å². The number of carbonyl (C=O) groups is 1. The third-order valence-electron chi connectivity index (χ3n) is 2.17. The number of allylic oxidation sites excluding steroid dienone is 1. The standard InChI is InChI=1S/C9H16O2Si/c1-12(2,3)6-7-4-5-8(7)9(10)11/h5,7H,4,6H2,1-3H3,(H,10,11). The van der Waals surface area contributed by atoms with Crippen LogP contribution in [-0.4, -0.2) is 19.1 Å². The topological polar surface area (TPSA) is 37.3 Å². The minimum Gasteiger partial charge on any atom is -0.478 e. The van der Waals surface area contributed by atoms with Crippen LogP contribution >= 0.6 is 0 Å². The summed E-state index contributed by atoms with van der Waals surface area (Å²) >= 11 is 0. The minimum absolute atomic E-state index is 0.356. The molecule has 2 nitrogen and oxygen atoms in total. The first-order chi connectivity index (χ1) is 5.40. The number of carboxylic acids is 1. The average molecular weight is 184 g/mol. The third-order valence-corrected chi connectivity index (χ3v) is 3.89. The van der Waals surface area contributed by atoms with Crippen molar-refractivity contribution in [2.45, 2.75) is 32.1 Å². The van der Waals surface area contributed by atoms with Crippen LogP contribution in [0.3, 0.4) is 0 Å². The van der Waals surface area contributed by atoms with E-state index in [0.29, 0.717) is 11.5 Å².